The van der Waals surface area contributed by atoms with E-state index >= 15 is 0 Å². The number of hydrogen-bond donors (Lipinski definition) is 1. The van der Waals surface area contributed by atoms with Gasteiger partial charge in [-0.15, -0.1) is 0 Å². The van der Waals surface area contributed by atoms with E-state index in [-0.39, 0.29) is 0 Å². The average Bonchev–Trinajstić information content (AvgIpc) is 2.81. The highest BCUT2D eigenvalue weighted by Gasteiger charge is 2.14. The second-order valence-corrected chi connectivity index (χ2v) is 5.26. The Kier molecular flexibility index (Phi) is 3.42. The van der Waals surface area contributed by atoms with Crippen molar-refractivity contribution < 1.29 is 9.47 Å². The number of nitrogens with two attached hydrogens (primary N) is 1. The quantitative estimate of drug-likeness (QED) is 0.787. The van der Waals surface area contributed by atoms with E-state index in [9.17, 15) is 0 Å². The number of benzene rings is 1. The number of pyridine rings is 1. The SMILES string of the molecule is COc1ccc(-n2c(N)nc3cc(Br)cnc32)cc1OC. The number of aromatic nitrogens is 3. The molecule has 2 aromatic heterocycles. The van der Waals surface area contributed by atoms with E-state index in [1.54, 1.807) is 25.0 Å². The molecule has 7 heteroatoms. The number of halogens is 1. The smallest absolute Gasteiger partial charge is 0.207 e. The Bertz CT molecular complexity index is 816. The maximum absolute atomic E-state index is 6.02. The molecular formula is C14H13BrN4O2. The molecule has 0 unspecified atom stereocenters. The number of ether oxygens (including phenoxy) is 2. The molecule has 2 heterocycles. The molecule has 3 aromatic rings. The molecule has 0 aliphatic carbocycles. The fourth-order valence-corrected chi connectivity index (χ4v) is 2.50. The Morgan fingerprint density at radius 2 is 1.90 bits per heavy atom. The Morgan fingerprint density at radius 1 is 1.14 bits per heavy atom. The van der Waals surface area contributed by atoms with Crippen molar-refractivity contribution in [1.82, 2.24) is 14.5 Å². The summed E-state index contributed by atoms with van der Waals surface area (Å²) in [6.45, 7) is 0. The third-order valence-electron chi connectivity index (χ3n) is 3.12. The molecule has 0 bridgehead atoms. The van der Waals surface area contributed by atoms with Crippen molar-refractivity contribution in [1.29, 1.82) is 0 Å². The monoisotopic (exact) mass is 348 g/mol. The highest BCUT2D eigenvalue weighted by atomic mass is 79.9. The molecule has 0 saturated heterocycles. The molecule has 6 nitrogen and oxygen atoms in total. The predicted octanol–water partition coefficient (Wildman–Crippen LogP) is 2.78. The number of hydrogen-bond acceptors (Lipinski definition) is 5. The van der Waals surface area contributed by atoms with E-state index in [0.717, 1.165) is 15.7 Å². The lowest BCUT2D eigenvalue weighted by atomic mass is 10.2. The first-order valence-electron chi connectivity index (χ1n) is 6.16. The van der Waals surface area contributed by atoms with Gasteiger partial charge in [0.15, 0.2) is 17.1 Å². The lowest BCUT2D eigenvalue weighted by molar-refractivity contribution is 0.355. The highest BCUT2D eigenvalue weighted by Crippen LogP contribution is 2.31. The number of methoxy groups -OCH3 is 2. The largest absolute Gasteiger partial charge is 0.493 e. The molecule has 0 spiro atoms. The summed E-state index contributed by atoms with van der Waals surface area (Å²) in [5.41, 5.74) is 8.23. The van der Waals surface area contributed by atoms with Crippen LogP contribution in [0, 0.1) is 0 Å². The highest BCUT2D eigenvalue weighted by molar-refractivity contribution is 9.10. The van der Waals surface area contributed by atoms with Crippen LogP contribution in [0.15, 0.2) is 34.9 Å². The molecule has 21 heavy (non-hydrogen) atoms. The second-order valence-electron chi connectivity index (χ2n) is 4.34. The number of imidazole rings is 1. The minimum atomic E-state index is 0.364. The number of fused-ring (bicyclic) bond motifs is 1. The normalized spacial score (nSPS) is 10.8. The third-order valence-corrected chi connectivity index (χ3v) is 3.55. The van der Waals surface area contributed by atoms with Gasteiger partial charge in [-0.25, -0.2) is 9.97 Å². The number of nitrogen functional groups attached to an aromatic ring is 1. The number of nitrogens with zero attached hydrogens (tertiary/aromatic N) is 3. The maximum Gasteiger partial charge on any atom is 0.207 e. The Labute approximate surface area is 129 Å². The van der Waals surface area contributed by atoms with Crippen LogP contribution in [-0.4, -0.2) is 28.8 Å². The van der Waals surface area contributed by atoms with Crippen molar-refractivity contribution >= 4 is 33.0 Å². The zero-order valence-corrected chi connectivity index (χ0v) is 13.1. The molecule has 108 valence electrons. The van der Waals surface area contributed by atoms with Gasteiger partial charge in [-0.1, -0.05) is 0 Å². The van der Waals surface area contributed by atoms with Gasteiger partial charge in [0, 0.05) is 16.7 Å². The summed E-state index contributed by atoms with van der Waals surface area (Å²) in [5.74, 6) is 1.64. The first-order chi connectivity index (χ1) is 10.1. The average molecular weight is 349 g/mol. The van der Waals surface area contributed by atoms with Gasteiger partial charge < -0.3 is 15.2 Å². The summed E-state index contributed by atoms with van der Waals surface area (Å²) in [6.07, 6.45) is 1.71. The molecule has 0 atom stereocenters. The van der Waals surface area contributed by atoms with Gasteiger partial charge in [-0.05, 0) is 34.1 Å². The molecule has 0 aliphatic rings. The molecule has 0 aliphatic heterocycles. The molecule has 0 fully saturated rings. The minimum Gasteiger partial charge on any atom is -0.493 e. The van der Waals surface area contributed by atoms with Crippen LogP contribution in [0.1, 0.15) is 0 Å². The van der Waals surface area contributed by atoms with E-state index in [2.05, 4.69) is 25.9 Å². The molecule has 3 rings (SSSR count). The standard InChI is InChI=1S/C14H13BrN4O2/c1-20-11-4-3-9(6-12(11)21-2)19-13-10(18-14(19)16)5-8(15)7-17-13/h3-7H,1-2H3,(H2,16,18). The van der Waals surface area contributed by atoms with Crippen LogP contribution in [-0.2, 0) is 0 Å². The summed E-state index contributed by atoms with van der Waals surface area (Å²) in [6, 6.07) is 7.40. The summed E-state index contributed by atoms with van der Waals surface area (Å²) >= 11 is 3.38. The molecular weight excluding hydrogens is 336 g/mol. The van der Waals surface area contributed by atoms with Gasteiger partial charge >= 0.3 is 0 Å². The van der Waals surface area contributed by atoms with E-state index in [0.29, 0.717) is 23.1 Å². The summed E-state index contributed by atoms with van der Waals surface area (Å²) in [7, 11) is 3.18. The molecule has 0 amide bonds. The molecule has 1 aromatic carbocycles. The van der Waals surface area contributed by atoms with Crippen LogP contribution < -0.4 is 15.2 Å². The molecule has 2 N–H and O–H groups in total. The Balaban J connectivity index is 2.22. The molecule has 0 radical (unpaired) electrons. The van der Waals surface area contributed by atoms with Crippen LogP contribution in [0.5, 0.6) is 11.5 Å². The third kappa shape index (κ3) is 2.29. The number of rotatable bonds is 3. The van der Waals surface area contributed by atoms with Crippen molar-refractivity contribution in [3.05, 3.63) is 34.9 Å². The van der Waals surface area contributed by atoms with Crippen LogP contribution >= 0.6 is 15.9 Å². The zero-order valence-electron chi connectivity index (χ0n) is 11.5. The fraction of sp³-hybridized carbons (Fsp3) is 0.143. The van der Waals surface area contributed by atoms with Crippen LogP contribution in [0.4, 0.5) is 5.95 Å². The topological polar surface area (TPSA) is 75.2 Å². The Hall–Kier alpha value is -2.28. The van der Waals surface area contributed by atoms with Gasteiger partial charge in [0.25, 0.3) is 0 Å². The Morgan fingerprint density at radius 3 is 2.62 bits per heavy atom. The van der Waals surface area contributed by atoms with E-state index in [4.69, 9.17) is 15.2 Å². The van der Waals surface area contributed by atoms with Gasteiger partial charge in [-0.2, -0.15) is 0 Å². The minimum absolute atomic E-state index is 0.364. The van der Waals surface area contributed by atoms with Crippen molar-refractivity contribution in [3.8, 4) is 17.2 Å². The van der Waals surface area contributed by atoms with Crippen molar-refractivity contribution in [2.75, 3.05) is 20.0 Å². The lowest BCUT2D eigenvalue weighted by Crippen LogP contribution is -2.02. The van der Waals surface area contributed by atoms with E-state index < -0.39 is 0 Å². The van der Waals surface area contributed by atoms with Crippen LogP contribution in [0.25, 0.3) is 16.9 Å². The first kappa shape index (κ1) is 13.7. The molecule has 0 saturated carbocycles. The predicted molar refractivity (Wildman–Crippen MR) is 84.1 cm³/mol. The van der Waals surface area contributed by atoms with Crippen LogP contribution in [0.3, 0.4) is 0 Å². The summed E-state index contributed by atoms with van der Waals surface area (Å²) < 4.78 is 13.2. The van der Waals surface area contributed by atoms with Crippen molar-refractivity contribution in [3.63, 3.8) is 0 Å². The summed E-state index contributed by atoms with van der Waals surface area (Å²) in [5, 5.41) is 0. The van der Waals surface area contributed by atoms with Gasteiger partial charge in [0.1, 0.15) is 5.52 Å². The lowest BCUT2D eigenvalue weighted by Gasteiger charge is -2.11. The first-order valence-corrected chi connectivity index (χ1v) is 6.95. The van der Waals surface area contributed by atoms with Crippen LogP contribution in [0.2, 0.25) is 0 Å². The maximum atomic E-state index is 6.02. The van der Waals surface area contributed by atoms with E-state index in [1.807, 2.05) is 24.3 Å². The van der Waals surface area contributed by atoms with Gasteiger partial charge in [0.2, 0.25) is 5.95 Å². The van der Waals surface area contributed by atoms with E-state index in [1.165, 1.54) is 0 Å². The van der Waals surface area contributed by atoms with Gasteiger partial charge in [-0.3, -0.25) is 4.57 Å². The van der Waals surface area contributed by atoms with Gasteiger partial charge in [0.05, 0.1) is 19.9 Å². The summed E-state index contributed by atoms with van der Waals surface area (Å²) in [4.78, 5) is 8.70. The fourth-order valence-electron chi connectivity index (χ4n) is 2.18. The zero-order chi connectivity index (χ0) is 15.0. The van der Waals surface area contributed by atoms with Crippen molar-refractivity contribution in [2.24, 2.45) is 0 Å². The van der Waals surface area contributed by atoms with Crippen molar-refractivity contribution in [2.45, 2.75) is 0 Å². The number of anilines is 1. The second kappa shape index (κ2) is 5.25.